The van der Waals surface area contributed by atoms with Crippen LogP contribution in [0.5, 0.6) is 0 Å². The second kappa shape index (κ2) is 6.64. The lowest BCUT2D eigenvalue weighted by Crippen LogP contribution is -2.33. The zero-order valence-electron chi connectivity index (χ0n) is 13.8. The van der Waals surface area contributed by atoms with Crippen molar-refractivity contribution in [3.05, 3.63) is 41.0 Å². The Kier molecular flexibility index (Phi) is 4.45. The molecule has 3 aromatic heterocycles. The fourth-order valence-corrected chi connectivity index (χ4v) is 3.96. The predicted molar refractivity (Wildman–Crippen MR) is 91.7 cm³/mol. The number of hydrogen-bond acceptors (Lipinski definition) is 5. The summed E-state index contributed by atoms with van der Waals surface area (Å²) in [5, 5.41) is 16.4. The molecule has 1 aliphatic heterocycles. The second-order valence-corrected chi connectivity index (χ2v) is 7.25. The highest BCUT2D eigenvalue weighted by atomic mass is 32.1. The summed E-state index contributed by atoms with van der Waals surface area (Å²) in [6.45, 7) is 1.41. The Labute approximate surface area is 151 Å². The molecule has 0 spiro atoms. The smallest absolute Gasteiger partial charge is 0.374 e. The maximum absolute atomic E-state index is 13.5. The van der Waals surface area contributed by atoms with Gasteiger partial charge in [0.1, 0.15) is 6.23 Å². The molecule has 26 heavy (non-hydrogen) atoms. The highest BCUT2D eigenvalue weighted by Gasteiger charge is 2.36. The summed E-state index contributed by atoms with van der Waals surface area (Å²) in [6.07, 6.45) is -1.30. The summed E-state index contributed by atoms with van der Waals surface area (Å²) in [7, 11) is 0. The van der Waals surface area contributed by atoms with Gasteiger partial charge in [0.15, 0.2) is 11.3 Å². The Hall–Kier alpha value is -1.97. The van der Waals surface area contributed by atoms with E-state index in [9.17, 15) is 18.3 Å². The molecule has 1 unspecified atom stereocenters. The number of fused-ring (bicyclic) bond motifs is 1. The number of nitrogens with zero attached hydrogens (tertiary/aromatic N) is 4. The van der Waals surface area contributed by atoms with Crippen molar-refractivity contribution >= 4 is 17.0 Å². The van der Waals surface area contributed by atoms with E-state index in [2.05, 4.69) is 10.1 Å². The highest BCUT2D eigenvalue weighted by Crippen LogP contribution is 2.35. The topological polar surface area (TPSA) is 53.7 Å². The molecular formula is C17H17F3N4OS. The molecule has 1 fully saturated rings. The molecule has 0 bridgehead atoms. The molecule has 1 aliphatic rings. The van der Waals surface area contributed by atoms with Gasteiger partial charge in [0.2, 0.25) is 0 Å². The van der Waals surface area contributed by atoms with Gasteiger partial charge in [-0.15, -0.1) is 11.3 Å². The molecular weight excluding hydrogens is 365 g/mol. The lowest BCUT2D eigenvalue weighted by Gasteiger charge is -2.30. The van der Waals surface area contributed by atoms with Crippen molar-refractivity contribution in [2.24, 2.45) is 0 Å². The van der Waals surface area contributed by atoms with E-state index in [0.717, 1.165) is 29.8 Å². The van der Waals surface area contributed by atoms with E-state index in [-0.39, 0.29) is 11.3 Å². The van der Waals surface area contributed by atoms with Gasteiger partial charge in [-0.3, -0.25) is 4.90 Å². The molecule has 0 radical (unpaired) electrons. The number of thiophene rings is 1. The third-order valence-electron chi connectivity index (χ3n) is 4.58. The van der Waals surface area contributed by atoms with Crippen LogP contribution in [0.4, 0.5) is 13.2 Å². The van der Waals surface area contributed by atoms with Crippen LogP contribution in [0.25, 0.3) is 16.2 Å². The molecule has 0 aliphatic carbocycles. The molecule has 3 aromatic rings. The lowest BCUT2D eigenvalue weighted by atomic mass is 10.1. The molecule has 4 heterocycles. The van der Waals surface area contributed by atoms with Gasteiger partial charge in [0.25, 0.3) is 0 Å². The maximum atomic E-state index is 13.5. The summed E-state index contributed by atoms with van der Waals surface area (Å²) >= 11 is 1.32. The fraction of sp³-hybridized carbons (Fsp3) is 0.412. The molecule has 9 heteroatoms. The summed E-state index contributed by atoms with van der Waals surface area (Å²) in [6, 6.07) is 4.49. The van der Waals surface area contributed by atoms with Gasteiger partial charge in [-0.25, -0.2) is 9.50 Å². The van der Waals surface area contributed by atoms with E-state index < -0.39 is 18.1 Å². The minimum absolute atomic E-state index is 0.0429. The zero-order chi connectivity index (χ0) is 18.3. The normalized spacial score (nSPS) is 17.7. The van der Waals surface area contributed by atoms with Crippen LogP contribution in [0.2, 0.25) is 0 Å². The first-order chi connectivity index (χ1) is 12.4. The van der Waals surface area contributed by atoms with E-state index in [4.69, 9.17) is 0 Å². The Balaban J connectivity index is 1.86. The number of rotatable bonds is 3. The van der Waals surface area contributed by atoms with Gasteiger partial charge in [0, 0.05) is 13.1 Å². The van der Waals surface area contributed by atoms with Crippen molar-refractivity contribution in [3.8, 4) is 10.6 Å². The Morgan fingerprint density at radius 3 is 2.62 bits per heavy atom. The minimum atomic E-state index is -4.58. The summed E-state index contributed by atoms with van der Waals surface area (Å²) < 4.78 is 41.4. The van der Waals surface area contributed by atoms with Crippen molar-refractivity contribution < 1.29 is 18.3 Å². The molecule has 1 saturated heterocycles. The van der Waals surface area contributed by atoms with Crippen molar-refractivity contribution in [3.63, 3.8) is 0 Å². The minimum Gasteiger partial charge on any atom is -0.374 e. The average molecular weight is 382 g/mol. The summed E-state index contributed by atoms with van der Waals surface area (Å²) in [4.78, 5) is 6.88. The van der Waals surface area contributed by atoms with Crippen LogP contribution in [0, 0.1) is 0 Å². The first-order valence-electron chi connectivity index (χ1n) is 8.37. The van der Waals surface area contributed by atoms with Crippen molar-refractivity contribution in [1.29, 1.82) is 0 Å². The maximum Gasteiger partial charge on any atom is 0.433 e. The zero-order valence-corrected chi connectivity index (χ0v) is 14.6. The quantitative estimate of drug-likeness (QED) is 0.745. The standard InChI is InChI=1S/C17H17F3N4OS/c18-17(19,20)14-9-12(13-5-4-8-26-13)22-15-11(10-21-24(14)15)16(25)23-6-2-1-3-7-23/h4-5,8-10,16,25H,1-3,6-7H2. The van der Waals surface area contributed by atoms with Gasteiger partial charge < -0.3 is 5.11 Å². The first kappa shape index (κ1) is 17.4. The van der Waals surface area contributed by atoms with E-state index >= 15 is 0 Å². The summed E-state index contributed by atoms with van der Waals surface area (Å²) in [5.41, 5.74) is -0.326. The van der Waals surface area contributed by atoms with Gasteiger partial charge in [-0.05, 0) is 30.4 Å². The lowest BCUT2D eigenvalue weighted by molar-refractivity contribution is -0.142. The van der Waals surface area contributed by atoms with Crippen molar-refractivity contribution in [1.82, 2.24) is 19.5 Å². The largest absolute Gasteiger partial charge is 0.433 e. The number of halogens is 3. The summed E-state index contributed by atoms with van der Waals surface area (Å²) in [5.74, 6) is 0. The van der Waals surface area contributed by atoms with Gasteiger partial charge >= 0.3 is 6.18 Å². The van der Waals surface area contributed by atoms with Crippen molar-refractivity contribution in [2.45, 2.75) is 31.7 Å². The van der Waals surface area contributed by atoms with E-state index in [1.165, 1.54) is 17.5 Å². The number of alkyl halides is 3. The number of piperidine rings is 1. The number of aromatic nitrogens is 3. The second-order valence-electron chi connectivity index (χ2n) is 6.31. The Bertz CT molecular complexity index is 901. The molecule has 1 N–H and O–H groups in total. The number of hydrogen-bond donors (Lipinski definition) is 1. The molecule has 4 rings (SSSR count). The monoisotopic (exact) mass is 382 g/mol. The molecule has 0 saturated carbocycles. The first-order valence-corrected chi connectivity index (χ1v) is 9.25. The fourth-order valence-electron chi connectivity index (χ4n) is 3.27. The number of likely N-dealkylation sites (tertiary alicyclic amines) is 1. The van der Waals surface area contributed by atoms with Crippen LogP contribution in [-0.4, -0.2) is 37.7 Å². The average Bonchev–Trinajstić information content (AvgIpc) is 3.30. The SMILES string of the molecule is OC(c1cnn2c(C(F)(F)F)cc(-c3cccs3)nc12)N1CCCCC1. The molecule has 138 valence electrons. The van der Waals surface area contributed by atoms with Crippen LogP contribution >= 0.6 is 11.3 Å². The van der Waals surface area contributed by atoms with Gasteiger partial charge in [-0.2, -0.15) is 18.3 Å². The van der Waals surface area contributed by atoms with Crippen LogP contribution in [0.1, 0.15) is 36.7 Å². The van der Waals surface area contributed by atoms with E-state index in [1.807, 2.05) is 4.90 Å². The Morgan fingerprint density at radius 2 is 1.96 bits per heavy atom. The third kappa shape index (κ3) is 3.10. The van der Waals surface area contributed by atoms with Crippen LogP contribution in [0.15, 0.2) is 29.8 Å². The Morgan fingerprint density at radius 1 is 1.19 bits per heavy atom. The number of aliphatic hydroxyl groups is 1. The number of aliphatic hydroxyl groups excluding tert-OH is 1. The molecule has 0 aromatic carbocycles. The highest BCUT2D eigenvalue weighted by molar-refractivity contribution is 7.13. The van der Waals surface area contributed by atoms with Gasteiger partial charge in [0.05, 0.1) is 22.3 Å². The molecule has 1 atom stereocenters. The van der Waals surface area contributed by atoms with Crippen molar-refractivity contribution in [2.75, 3.05) is 13.1 Å². The van der Waals surface area contributed by atoms with Crippen LogP contribution in [-0.2, 0) is 6.18 Å². The van der Waals surface area contributed by atoms with Crippen LogP contribution < -0.4 is 0 Å². The van der Waals surface area contributed by atoms with E-state index in [0.29, 0.717) is 23.5 Å². The molecule has 0 amide bonds. The van der Waals surface area contributed by atoms with Crippen LogP contribution in [0.3, 0.4) is 0 Å². The van der Waals surface area contributed by atoms with Gasteiger partial charge in [-0.1, -0.05) is 12.5 Å². The predicted octanol–water partition coefficient (Wildman–Crippen LogP) is 3.95. The third-order valence-corrected chi connectivity index (χ3v) is 5.47. The van der Waals surface area contributed by atoms with E-state index in [1.54, 1.807) is 17.5 Å². The molecule has 5 nitrogen and oxygen atoms in total.